The van der Waals surface area contributed by atoms with E-state index in [-0.39, 0.29) is 11.6 Å². The molecule has 1 aromatic carbocycles. The Morgan fingerprint density at radius 1 is 1.06 bits per heavy atom. The predicted octanol–water partition coefficient (Wildman–Crippen LogP) is 4.60. The van der Waals surface area contributed by atoms with Gasteiger partial charge in [0.1, 0.15) is 11.4 Å². The van der Waals surface area contributed by atoms with E-state index in [1.165, 1.54) is 24.3 Å². The monoisotopic (exact) mass is 242 g/mol. The Bertz CT molecular complexity index is 557. The lowest BCUT2D eigenvalue weighted by Gasteiger charge is -2.07. The van der Waals surface area contributed by atoms with Crippen LogP contribution in [0.1, 0.15) is 5.56 Å². The average molecular weight is 242 g/mol. The zero-order valence-corrected chi connectivity index (χ0v) is 9.79. The van der Waals surface area contributed by atoms with E-state index < -0.39 is 0 Å². The molecule has 0 saturated carbocycles. The summed E-state index contributed by atoms with van der Waals surface area (Å²) in [6, 6.07) is 6.07. The number of halogens is 2. The molecule has 0 bridgehead atoms. The van der Waals surface area contributed by atoms with Crippen molar-refractivity contribution in [2.24, 2.45) is 0 Å². The summed E-state index contributed by atoms with van der Waals surface area (Å²) in [6.07, 6.45) is 6.07. The van der Waals surface area contributed by atoms with Crippen LogP contribution in [0.15, 0.2) is 66.0 Å². The number of hydrogen-bond donors (Lipinski definition) is 0. The van der Waals surface area contributed by atoms with E-state index in [2.05, 4.69) is 13.5 Å². The molecule has 2 heteroatoms. The third-order valence-corrected chi connectivity index (χ3v) is 2.62. The van der Waals surface area contributed by atoms with Crippen molar-refractivity contribution in [1.82, 2.24) is 0 Å². The molecule has 89 valence electrons. The van der Waals surface area contributed by atoms with E-state index in [0.29, 0.717) is 5.57 Å². The van der Waals surface area contributed by atoms with Crippen LogP contribution in [0.2, 0.25) is 0 Å². The lowest BCUT2D eigenvalue weighted by molar-refractivity contribution is 0.627. The quantitative estimate of drug-likeness (QED) is 0.665. The molecule has 1 aliphatic rings. The maximum Gasteiger partial charge on any atom is 0.204 e. The second-order valence-corrected chi connectivity index (χ2v) is 3.99. The normalized spacial score (nSPS) is 16.9. The van der Waals surface area contributed by atoms with E-state index in [4.69, 9.17) is 0 Å². The summed E-state index contributed by atoms with van der Waals surface area (Å²) in [5.74, 6) is -0.598. The average Bonchev–Trinajstić information content (AvgIpc) is 2.34. The zero-order valence-electron chi connectivity index (χ0n) is 9.79. The fourth-order valence-electron chi connectivity index (χ4n) is 1.81. The Kier molecular flexibility index (Phi) is 3.47. The summed E-state index contributed by atoms with van der Waals surface area (Å²) < 4.78 is 25.8. The minimum atomic E-state index is -0.299. The lowest BCUT2D eigenvalue weighted by Crippen LogP contribution is -1.95. The minimum absolute atomic E-state index is 0.299. The third-order valence-electron chi connectivity index (χ3n) is 2.62. The van der Waals surface area contributed by atoms with Crippen molar-refractivity contribution in [1.29, 1.82) is 0 Å². The highest BCUT2D eigenvalue weighted by Crippen LogP contribution is 2.30. The number of allylic oxidation sites excluding steroid dienone is 7. The fourth-order valence-corrected chi connectivity index (χ4v) is 1.81. The highest BCUT2D eigenvalue weighted by molar-refractivity contribution is 5.85. The highest BCUT2D eigenvalue weighted by Gasteiger charge is 2.18. The first kappa shape index (κ1) is 12.4. The summed E-state index contributed by atoms with van der Waals surface area (Å²) >= 11 is 0. The molecule has 0 aromatic heterocycles. The van der Waals surface area contributed by atoms with Gasteiger partial charge in [0, 0.05) is 18.1 Å². The molecular formula is C16H12F2+. The summed E-state index contributed by atoms with van der Waals surface area (Å²) in [5.41, 5.74) is 3.01. The van der Waals surface area contributed by atoms with Crippen LogP contribution >= 0.6 is 0 Å². The molecule has 0 heterocycles. The standard InChI is InChI=1S/C16H12F2/c1-11(2)16(12-3-7-14(17)8-4-12)13-5-9-15(18)10-6-13/h3-10H,1-2H2/q+1. The van der Waals surface area contributed by atoms with Gasteiger partial charge in [-0.05, 0) is 36.8 Å². The first-order valence-corrected chi connectivity index (χ1v) is 5.48. The van der Waals surface area contributed by atoms with Gasteiger partial charge in [0.15, 0.2) is 0 Å². The largest absolute Gasteiger partial charge is 0.207 e. The van der Waals surface area contributed by atoms with Crippen LogP contribution in [0.3, 0.4) is 0 Å². The molecular weight excluding hydrogens is 230 g/mol. The molecule has 0 aliphatic heterocycles. The van der Waals surface area contributed by atoms with Gasteiger partial charge in [0.2, 0.25) is 5.83 Å². The van der Waals surface area contributed by atoms with Crippen molar-refractivity contribution in [3.63, 3.8) is 0 Å². The molecule has 1 aromatic rings. The Morgan fingerprint density at radius 2 is 1.72 bits per heavy atom. The molecule has 0 amide bonds. The minimum Gasteiger partial charge on any atom is -0.207 e. The first-order valence-electron chi connectivity index (χ1n) is 5.48. The fraction of sp³-hybridized carbons (Fsp3) is 0. The maximum atomic E-state index is 12.9. The van der Waals surface area contributed by atoms with Gasteiger partial charge in [-0.2, -0.15) is 0 Å². The Morgan fingerprint density at radius 3 is 2.22 bits per heavy atom. The predicted molar refractivity (Wildman–Crippen MR) is 70.4 cm³/mol. The van der Waals surface area contributed by atoms with E-state index in [1.807, 2.05) is 0 Å². The van der Waals surface area contributed by atoms with E-state index >= 15 is 0 Å². The highest BCUT2D eigenvalue weighted by atomic mass is 19.1. The van der Waals surface area contributed by atoms with Crippen molar-refractivity contribution in [3.8, 4) is 0 Å². The molecule has 0 saturated heterocycles. The van der Waals surface area contributed by atoms with Crippen LogP contribution in [-0.2, 0) is 0 Å². The summed E-state index contributed by atoms with van der Waals surface area (Å²) in [4.78, 5) is 0. The van der Waals surface area contributed by atoms with Gasteiger partial charge in [0.25, 0.3) is 0 Å². The molecule has 0 fully saturated rings. The Balaban J connectivity index is 2.47. The number of benzene rings is 1. The topological polar surface area (TPSA) is 0 Å². The van der Waals surface area contributed by atoms with Crippen molar-refractivity contribution < 1.29 is 8.78 Å². The van der Waals surface area contributed by atoms with Crippen molar-refractivity contribution in [2.45, 2.75) is 0 Å². The van der Waals surface area contributed by atoms with E-state index in [9.17, 15) is 8.78 Å². The molecule has 1 aliphatic carbocycles. The van der Waals surface area contributed by atoms with Crippen LogP contribution in [0, 0.1) is 19.2 Å². The van der Waals surface area contributed by atoms with Gasteiger partial charge in [-0.25, -0.2) is 4.39 Å². The summed E-state index contributed by atoms with van der Waals surface area (Å²) in [5, 5.41) is 0. The Hall–Kier alpha value is -2.09. The second kappa shape index (κ2) is 5.05. The second-order valence-electron chi connectivity index (χ2n) is 3.99. The van der Waals surface area contributed by atoms with Gasteiger partial charge in [-0.3, -0.25) is 0 Å². The molecule has 2 rings (SSSR count). The van der Waals surface area contributed by atoms with Crippen LogP contribution in [0.4, 0.5) is 8.78 Å². The molecule has 1 radical (unpaired) electrons. The summed E-state index contributed by atoms with van der Waals surface area (Å²) in [7, 11) is 0. The molecule has 0 atom stereocenters. The number of rotatable bonds is 2. The first-order chi connectivity index (χ1) is 8.58. The molecule has 18 heavy (non-hydrogen) atoms. The van der Waals surface area contributed by atoms with Crippen LogP contribution < -0.4 is 0 Å². The van der Waals surface area contributed by atoms with E-state index in [0.717, 1.165) is 16.7 Å². The van der Waals surface area contributed by atoms with Crippen LogP contribution in [0.25, 0.3) is 5.57 Å². The molecule has 0 N–H and O–H groups in total. The third kappa shape index (κ3) is 2.59. The van der Waals surface area contributed by atoms with Gasteiger partial charge in [0.05, 0.1) is 17.7 Å². The van der Waals surface area contributed by atoms with Crippen LogP contribution in [0.5, 0.6) is 0 Å². The summed E-state index contributed by atoms with van der Waals surface area (Å²) in [6.45, 7) is 7.63. The maximum absolute atomic E-state index is 12.9. The molecule has 0 nitrogen and oxygen atoms in total. The van der Waals surface area contributed by atoms with Crippen molar-refractivity contribution in [2.75, 3.05) is 0 Å². The number of hydrogen-bond acceptors (Lipinski definition) is 0. The van der Waals surface area contributed by atoms with Gasteiger partial charge in [-0.15, -0.1) is 4.39 Å². The van der Waals surface area contributed by atoms with Gasteiger partial charge >= 0.3 is 0 Å². The SMILES string of the molecule is [CH2]C(=C)/C(=C1\C=CC(F)=C[CH+]1)c1ccc(F)cc1. The Labute approximate surface area is 106 Å². The van der Waals surface area contributed by atoms with Gasteiger partial charge < -0.3 is 0 Å². The van der Waals surface area contributed by atoms with Crippen molar-refractivity contribution >= 4 is 5.57 Å². The van der Waals surface area contributed by atoms with Gasteiger partial charge in [-0.1, -0.05) is 6.58 Å². The van der Waals surface area contributed by atoms with E-state index in [1.54, 1.807) is 24.6 Å². The zero-order chi connectivity index (χ0) is 13.1. The van der Waals surface area contributed by atoms with Crippen LogP contribution in [-0.4, -0.2) is 0 Å². The smallest absolute Gasteiger partial charge is 0.204 e. The molecule has 0 spiro atoms. The lowest BCUT2D eigenvalue weighted by atomic mass is 9.91. The van der Waals surface area contributed by atoms with Crippen molar-refractivity contribution in [3.05, 3.63) is 90.8 Å². The molecule has 0 unspecified atom stereocenters.